The SMILES string of the molecule is CN(C)[C@@H]1CC=CC[C@H]1Nc1cc(F)c(S(=O)(=O)Nc2nccs2)cc1Cl. The Balaban J connectivity index is 1.85. The van der Waals surface area contributed by atoms with Crippen LogP contribution in [0.4, 0.5) is 15.2 Å². The fourth-order valence-corrected chi connectivity index (χ4v) is 5.17. The number of nitrogens with zero attached hydrogens (tertiary/aromatic N) is 2. The Morgan fingerprint density at radius 2 is 2.04 bits per heavy atom. The quantitative estimate of drug-likeness (QED) is 0.682. The van der Waals surface area contributed by atoms with Gasteiger partial charge >= 0.3 is 0 Å². The summed E-state index contributed by atoms with van der Waals surface area (Å²) in [5.74, 6) is -0.876. The first-order chi connectivity index (χ1) is 12.8. The molecule has 0 saturated heterocycles. The highest BCUT2D eigenvalue weighted by Gasteiger charge is 2.27. The summed E-state index contributed by atoms with van der Waals surface area (Å²) in [6, 6.07) is 2.52. The van der Waals surface area contributed by atoms with Gasteiger partial charge in [0, 0.05) is 23.7 Å². The van der Waals surface area contributed by atoms with E-state index >= 15 is 0 Å². The molecule has 0 unspecified atom stereocenters. The van der Waals surface area contributed by atoms with Gasteiger partial charge in [-0.05, 0) is 39.1 Å². The van der Waals surface area contributed by atoms with Gasteiger partial charge in [-0.15, -0.1) is 11.3 Å². The van der Waals surface area contributed by atoms with Crippen molar-refractivity contribution < 1.29 is 12.8 Å². The summed E-state index contributed by atoms with van der Waals surface area (Å²) >= 11 is 7.37. The Morgan fingerprint density at radius 1 is 1.30 bits per heavy atom. The molecule has 2 atom stereocenters. The highest BCUT2D eigenvalue weighted by atomic mass is 35.5. The Kier molecular flexibility index (Phi) is 6.05. The zero-order chi connectivity index (χ0) is 19.6. The van der Waals surface area contributed by atoms with E-state index in [1.165, 1.54) is 6.20 Å². The average molecular weight is 431 g/mol. The number of likely N-dealkylation sites (N-methyl/N-ethyl adjacent to an activating group) is 1. The van der Waals surface area contributed by atoms with Crippen molar-refractivity contribution in [3.05, 3.63) is 46.7 Å². The highest BCUT2D eigenvalue weighted by molar-refractivity contribution is 7.93. The largest absolute Gasteiger partial charge is 0.379 e. The van der Waals surface area contributed by atoms with Crippen LogP contribution < -0.4 is 10.0 Å². The van der Waals surface area contributed by atoms with Crippen LogP contribution in [0.25, 0.3) is 0 Å². The summed E-state index contributed by atoms with van der Waals surface area (Å²) in [6.45, 7) is 0. The van der Waals surface area contributed by atoms with Gasteiger partial charge in [-0.2, -0.15) is 0 Å². The number of thiazole rings is 1. The molecule has 1 aromatic carbocycles. The van der Waals surface area contributed by atoms with Crippen molar-refractivity contribution in [2.24, 2.45) is 0 Å². The van der Waals surface area contributed by atoms with Crippen LogP contribution in [0.1, 0.15) is 12.8 Å². The first-order valence-electron chi connectivity index (χ1n) is 8.27. The number of nitrogens with one attached hydrogen (secondary N) is 2. The van der Waals surface area contributed by atoms with E-state index in [-0.39, 0.29) is 22.2 Å². The van der Waals surface area contributed by atoms with Crippen LogP contribution in [0.15, 0.2) is 40.8 Å². The molecule has 10 heteroatoms. The zero-order valence-electron chi connectivity index (χ0n) is 14.8. The number of halogens is 2. The van der Waals surface area contributed by atoms with Gasteiger partial charge in [0.15, 0.2) is 5.13 Å². The van der Waals surface area contributed by atoms with Crippen LogP contribution in [0.5, 0.6) is 0 Å². The molecule has 3 rings (SSSR count). The van der Waals surface area contributed by atoms with E-state index in [4.69, 9.17) is 11.6 Å². The second-order valence-corrected chi connectivity index (χ2v) is 9.38. The topological polar surface area (TPSA) is 74.3 Å². The third-order valence-corrected chi connectivity index (χ3v) is 6.85. The number of rotatable bonds is 6. The molecule has 1 heterocycles. The van der Waals surface area contributed by atoms with Gasteiger partial charge in [0.05, 0.1) is 10.7 Å². The summed E-state index contributed by atoms with van der Waals surface area (Å²) in [5.41, 5.74) is 0.370. The van der Waals surface area contributed by atoms with Crippen LogP contribution in [-0.4, -0.2) is 44.5 Å². The first-order valence-corrected chi connectivity index (χ1v) is 11.0. The van der Waals surface area contributed by atoms with Crippen LogP contribution in [0.3, 0.4) is 0 Å². The summed E-state index contributed by atoms with van der Waals surface area (Å²) < 4.78 is 41.7. The fourth-order valence-electron chi connectivity index (χ4n) is 3.01. The fraction of sp³-hybridized carbons (Fsp3) is 0.353. The Labute approximate surface area is 167 Å². The maximum Gasteiger partial charge on any atom is 0.266 e. The second-order valence-electron chi connectivity index (χ2n) is 6.43. The lowest BCUT2D eigenvalue weighted by Gasteiger charge is -2.35. The molecule has 1 aliphatic carbocycles. The van der Waals surface area contributed by atoms with Gasteiger partial charge in [-0.25, -0.2) is 17.8 Å². The van der Waals surface area contributed by atoms with E-state index in [0.29, 0.717) is 5.69 Å². The predicted octanol–water partition coefficient (Wildman–Crippen LogP) is 3.80. The normalized spacial score (nSPS) is 20.0. The van der Waals surface area contributed by atoms with Gasteiger partial charge < -0.3 is 10.2 Å². The standard InChI is InChI=1S/C17H20ClFN4O2S2/c1-23(2)15-6-4-3-5-13(15)21-14-10-12(19)16(9-11(14)18)27(24,25)22-17-20-7-8-26-17/h3-4,7-10,13,15,21H,5-6H2,1-2H3,(H,20,22)/t13-,15-/m1/s1. The minimum Gasteiger partial charge on any atom is -0.379 e. The van der Waals surface area contributed by atoms with Crippen LogP contribution >= 0.6 is 22.9 Å². The molecule has 146 valence electrons. The minimum absolute atomic E-state index is 0.0396. The van der Waals surface area contributed by atoms with Crippen LogP contribution in [0.2, 0.25) is 5.02 Å². The Hall–Kier alpha value is -1.68. The second kappa shape index (κ2) is 8.14. The maximum atomic E-state index is 14.6. The molecule has 6 nitrogen and oxygen atoms in total. The molecular weight excluding hydrogens is 411 g/mol. The lowest BCUT2D eigenvalue weighted by Crippen LogP contribution is -2.44. The summed E-state index contributed by atoms with van der Waals surface area (Å²) in [6.07, 6.45) is 7.28. The maximum absolute atomic E-state index is 14.6. The average Bonchev–Trinajstić information content (AvgIpc) is 3.10. The van der Waals surface area contributed by atoms with E-state index in [0.717, 1.165) is 36.3 Å². The summed E-state index contributed by atoms with van der Waals surface area (Å²) in [4.78, 5) is 5.43. The zero-order valence-corrected chi connectivity index (χ0v) is 17.2. The van der Waals surface area contributed by atoms with Gasteiger partial charge in [-0.3, -0.25) is 4.72 Å². The van der Waals surface area contributed by atoms with Crippen LogP contribution in [0, 0.1) is 5.82 Å². The molecule has 0 aliphatic heterocycles. The predicted molar refractivity (Wildman–Crippen MR) is 108 cm³/mol. The van der Waals surface area contributed by atoms with Crippen molar-refractivity contribution in [3.8, 4) is 0 Å². The molecule has 0 fully saturated rings. The number of sulfonamides is 1. The smallest absolute Gasteiger partial charge is 0.266 e. The molecule has 0 bridgehead atoms. The van der Waals surface area contributed by atoms with Gasteiger partial charge in [0.1, 0.15) is 10.7 Å². The number of anilines is 2. The van der Waals surface area contributed by atoms with Gasteiger partial charge in [0.25, 0.3) is 10.0 Å². The molecule has 1 aliphatic rings. The molecule has 2 N–H and O–H groups in total. The van der Waals surface area contributed by atoms with Gasteiger partial charge in [0.2, 0.25) is 0 Å². The van der Waals surface area contributed by atoms with Gasteiger partial charge in [-0.1, -0.05) is 23.8 Å². The summed E-state index contributed by atoms with van der Waals surface area (Å²) in [7, 11) is -0.146. The highest BCUT2D eigenvalue weighted by Crippen LogP contribution is 2.31. The first kappa shape index (κ1) is 20.1. The van der Waals surface area contributed by atoms with E-state index in [1.54, 1.807) is 5.38 Å². The lowest BCUT2D eigenvalue weighted by atomic mass is 9.95. The van der Waals surface area contributed by atoms with E-state index in [2.05, 4.69) is 32.1 Å². The van der Waals surface area contributed by atoms with Crippen molar-refractivity contribution in [1.29, 1.82) is 0 Å². The lowest BCUT2D eigenvalue weighted by molar-refractivity contribution is 0.258. The number of aromatic nitrogens is 1. The summed E-state index contributed by atoms with van der Waals surface area (Å²) in [5, 5.41) is 5.18. The van der Waals surface area contributed by atoms with Crippen molar-refractivity contribution in [3.63, 3.8) is 0 Å². The third kappa shape index (κ3) is 4.60. The molecule has 27 heavy (non-hydrogen) atoms. The van der Waals surface area contributed by atoms with E-state index in [1.807, 2.05) is 14.1 Å². The molecule has 0 spiro atoms. The molecular formula is C17H20ClFN4O2S2. The Bertz CT molecular complexity index is 933. The third-order valence-electron chi connectivity index (χ3n) is 4.37. The van der Waals surface area contributed by atoms with Crippen molar-refractivity contribution in [2.75, 3.05) is 24.1 Å². The number of benzene rings is 1. The molecule has 0 radical (unpaired) electrons. The molecule has 1 aromatic heterocycles. The minimum atomic E-state index is -4.12. The van der Waals surface area contributed by atoms with Crippen molar-refractivity contribution in [1.82, 2.24) is 9.88 Å². The number of hydrogen-bond donors (Lipinski definition) is 2. The van der Waals surface area contributed by atoms with E-state index < -0.39 is 20.7 Å². The van der Waals surface area contributed by atoms with E-state index in [9.17, 15) is 12.8 Å². The molecule has 2 aromatic rings. The van der Waals surface area contributed by atoms with Crippen molar-refractivity contribution in [2.45, 2.75) is 29.8 Å². The molecule has 0 saturated carbocycles. The monoisotopic (exact) mass is 430 g/mol. The van der Waals surface area contributed by atoms with Crippen molar-refractivity contribution >= 4 is 43.8 Å². The van der Waals surface area contributed by atoms with Crippen LogP contribution in [-0.2, 0) is 10.0 Å². The molecule has 0 amide bonds. The Morgan fingerprint density at radius 3 is 2.70 bits per heavy atom. The number of hydrogen-bond acceptors (Lipinski definition) is 6.